The minimum atomic E-state index is -0.366. The monoisotopic (exact) mass is 348 g/mol. The number of rotatable bonds is 4. The first-order valence-corrected chi connectivity index (χ1v) is 7.40. The molecule has 4 nitrogen and oxygen atoms in total. The molecule has 0 saturated carbocycles. The Morgan fingerprint density at radius 1 is 1.29 bits per heavy atom. The van der Waals surface area contributed by atoms with Crippen LogP contribution in [-0.4, -0.2) is 12.6 Å². The van der Waals surface area contributed by atoms with Crippen molar-refractivity contribution in [3.05, 3.63) is 52.0 Å². The Labute approximate surface area is 132 Å². The van der Waals surface area contributed by atoms with Crippen molar-refractivity contribution in [1.82, 2.24) is 0 Å². The number of hydrogen-bond acceptors (Lipinski definition) is 4. The molecular formula is C16H17BrN2O2. The molecule has 0 aliphatic heterocycles. The van der Waals surface area contributed by atoms with Gasteiger partial charge in [-0.1, -0.05) is 15.9 Å². The van der Waals surface area contributed by atoms with Crippen molar-refractivity contribution in [3.8, 4) is 0 Å². The van der Waals surface area contributed by atoms with E-state index < -0.39 is 0 Å². The Morgan fingerprint density at radius 2 is 2.05 bits per heavy atom. The van der Waals surface area contributed by atoms with Crippen molar-refractivity contribution >= 4 is 39.0 Å². The van der Waals surface area contributed by atoms with Gasteiger partial charge in [-0.15, -0.1) is 0 Å². The number of ether oxygens (including phenoxy) is 1. The van der Waals surface area contributed by atoms with Crippen LogP contribution in [0.15, 0.2) is 40.9 Å². The van der Waals surface area contributed by atoms with Crippen molar-refractivity contribution in [2.75, 3.05) is 17.7 Å². The SMILES string of the molecule is CCOC(=O)c1ccc(Nc2ccc(Br)c(C)c2)c(N)c1. The minimum absolute atomic E-state index is 0.344. The van der Waals surface area contributed by atoms with E-state index >= 15 is 0 Å². The molecule has 21 heavy (non-hydrogen) atoms. The van der Waals surface area contributed by atoms with Gasteiger partial charge in [0.2, 0.25) is 0 Å². The fraction of sp³-hybridized carbons (Fsp3) is 0.188. The molecule has 3 N–H and O–H groups in total. The van der Waals surface area contributed by atoms with Crippen molar-refractivity contribution in [2.24, 2.45) is 0 Å². The van der Waals surface area contributed by atoms with Crippen LogP contribution in [0.25, 0.3) is 0 Å². The summed E-state index contributed by atoms with van der Waals surface area (Å²) < 4.78 is 6.00. The number of nitrogens with one attached hydrogen (secondary N) is 1. The summed E-state index contributed by atoms with van der Waals surface area (Å²) in [5, 5.41) is 3.24. The Hall–Kier alpha value is -2.01. The van der Waals surface area contributed by atoms with Gasteiger partial charge in [0.15, 0.2) is 0 Å². The van der Waals surface area contributed by atoms with Gasteiger partial charge in [-0.3, -0.25) is 0 Å². The van der Waals surface area contributed by atoms with E-state index in [0.29, 0.717) is 17.9 Å². The average molecular weight is 349 g/mol. The highest BCUT2D eigenvalue weighted by atomic mass is 79.9. The third-order valence-corrected chi connectivity index (χ3v) is 3.89. The van der Waals surface area contributed by atoms with Gasteiger partial charge >= 0.3 is 5.97 Å². The Kier molecular flexibility index (Phi) is 4.85. The molecule has 0 spiro atoms. The molecule has 0 atom stereocenters. The van der Waals surface area contributed by atoms with Gasteiger partial charge < -0.3 is 15.8 Å². The van der Waals surface area contributed by atoms with Gasteiger partial charge in [0.25, 0.3) is 0 Å². The highest BCUT2D eigenvalue weighted by Crippen LogP contribution is 2.27. The molecule has 5 heteroatoms. The number of benzene rings is 2. The number of nitrogens with two attached hydrogens (primary N) is 1. The van der Waals surface area contributed by atoms with Crippen molar-refractivity contribution in [3.63, 3.8) is 0 Å². The summed E-state index contributed by atoms with van der Waals surface area (Å²) >= 11 is 3.47. The summed E-state index contributed by atoms with van der Waals surface area (Å²) in [6.45, 7) is 4.13. The first-order chi connectivity index (χ1) is 10.0. The Bertz CT molecular complexity index is 671. The van der Waals surface area contributed by atoms with Gasteiger partial charge in [-0.2, -0.15) is 0 Å². The van der Waals surface area contributed by atoms with E-state index in [1.54, 1.807) is 25.1 Å². The zero-order valence-electron chi connectivity index (χ0n) is 11.9. The maximum atomic E-state index is 11.6. The first-order valence-electron chi connectivity index (χ1n) is 6.61. The highest BCUT2D eigenvalue weighted by molar-refractivity contribution is 9.10. The number of esters is 1. The second kappa shape index (κ2) is 6.63. The summed E-state index contributed by atoms with van der Waals surface area (Å²) in [7, 11) is 0. The Balaban J connectivity index is 2.21. The predicted molar refractivity (Wildman–Crippen MR) is 89.0 cm³/mol. The number of carbonyl (C=O) groups excluding carboxylic acids is 1. The third-order valence-electron chi connectivity index (χ3n) is 3.00. The smallest absolute Gasteiger partial charge is 0.338 e. The molecule has 2 aromatic carbocycles. The van der Waals surface area contributed by atoms with Crippen LogP contribution >= 0.6 is 15.9 Å². The van der Waals surface area contributed by atoms with Crippen LogP contribution in [-0.2, 0) is 4.74 Å². The van der Waals surface area contributed by atoms with Crippen molar-refractivity contribution < 1.29 is 9.53 Å². The lowest BCUT2D eigenvalue weighted by Crippen LogP contribution is -2.06. The maximum absolute atomic E-state index is 11.6. The van der Waals surface area contributed by atoms with Gasteiger partial charge in [-0.25, -0.2) is 4.79 Å². The zero-order valence-corrected chi connectivity index (χ0v) is 13.5. The predicted octanol–water partition coefficient (Wildman–Crippen LogP) is 4.26. The topological polar surface area (TPSA) is 64.3 Å². The lowest BCUT2D eigenvalue weighted by Gasteiger charge is -2.12. The molecular weight excluding hydrogens is 332 g/mol. The van der Waals surface area contributed by atoms with Crippen LogP contribution in [0.2, 0.25) is 0 Å². The number of carbonyl (C=O) groups is 1. The first kappa shape index (κ1) is 15.4. The van der Waals surface area contributed by atoms with Crippen LogP contribution in [0.5, 0.6) is 0 Å². The van der Waals surface area contributed by atoms with Crippen LogP contribution in [0.1, 0.15) is 22.8 Å². The molecule has 0 bridgehead atoms. The van der Waals surface area contributed by atoms with E-state index in [0.717, 1.165) is 21.4 Å². The normalized spacial score (nSPS) is 10.2. The van der Waals surface area contributed by atoms with E-state index in [-0.39, 0.29) is 5.97 Å². The quantitative estimate of drug-likeness (QED) is 0.639. The fourth-order valence-corrected chi connectivity index (χ4v) is 2.14. The molecule has 2 aromatic rings. The van der Waals surface area contributed by atoms with E-state index in [1.807, 2.05) is 25.1 Å². The molecule has 0 fully saturated rings. The Morgan fingerprint density at radius 3 is 2.67 bits per heavy atom. The second-order valence-corrected chi connectivity index (χ2v) is 5.47. The molecule has 0 aromatic heterocycles. The van der Waals surface area contributed by atoms with Gasteiger partial charge in [0.1, 0.15) is 0 Å². The summed E-state index contributed by atoms with van der Waals surface area (Å²) in [5.41, 5.74) is 9.76. The molecule has 2 rings (SSSR count). The number of anilines is 3. The van der Waals surface area contributed by atoms with E-state index in [9.17, 15) is 4.79 Å². The molecule has 0 unspecified atom stereocenters. The highest BCUT2D eigenvalue weighted by Gasteiger charge is 2.09. The van der Waals surface area contributed by atoms with E-state index in [1.165, 1.54) is 0 Å². The maximum Gasteiger partial charge on any atom is 0.338 e. The summed E-state index contributed by atoms with van der Waals surface area (Å²) in [6.07, 6.45) is 0. The lowest BCUT2D eigenvalue weighted by atomic mass is 10.1. The molecule has 0 radical (unpaired) electrons. The zero-order chi connectivity index (χ0) is 15.4. The summed E-state index contributed by atoms with van der Waals surface area (Å²) in [6, 6.07) is 11.0. The van der Waals surface area contributed by atoms with Crippen LogP contribution in [0, 0.1) is 6.92 Å². The van der Waals surface area contributed by atoms with Gasteiger partial charge in [0, 0.05) is 10.2 Å². The number of nitrogen functional groups attached to an aromatic ring is 1. The molecule has 110 valence electrons. The fourth-order valence-electron chi connectivity index (χ4n) is 1.90. The third kappa shape index (κ3) is 3.76. The summed E-state index contributed by atoms with van der Waals surface area (Å²) in [4.78, 5) is 11.6. The number of halogens is 1. The molecule has 0 heterocycles. The molecule has 0 aliphatic rings. The van der Waals surface area contributed by atoms with Crippen LogP contribution < -0.4 is 11.1 Å². The molecule has 0 amide bonds. The summed E-state index contributed by atoms with van der Waals surface area (Å²) in [5.74, 6) is -0.366. The lowest BCUT2D eigenvalue weighted by molar-refractivity contribution is 0.0526. The largest absolute Gasteiger partial charge is 0.462 e. The van der Waals surface area contributed by atoms with Crippen molar-refractivity contribution in [2.45, 2.75) is 13.8 Å². The van der Waals surface area contributed by atoms with E-state index in [4.69, 9.17) is 10.5 Å². The molecule has 0 aliphatic carbocycles. The molecule has 0 saturated heterocycles. The second-order valence-electron chi connectivity index (χ2n) is 4.61. The van der Waals surface area contributed by atoms with Crippen LogP contribution in [0.4, 0.5) is 17.1 Å². The van der Waals surface area contributed by atoms with Gasteiger partial charge in [0.05, 0.1) is 23.5 Å². The van der Waals surface area contributed by atoms with Gasteiger partial charge in [-0.05, 0) is 55.8 Å². The number of aryl methyl sites for hydroxylation is 1. The van der Waals surface area contributed by atoms with E-state index in [2.05, 4.69) is 21.2 Å². The standard InChI is InChI=1S/C16H17BrN2O2/c1-3-21-16(20)11-4-7-15(14(18)9-11)19-12-5-6-13(17)10(2)8-12/h4-9,19H,3,18H2,1-2H3. The number of hydrogen-bond donors (Lipinski definition) is 2. The van der Waals surface area contributed by atoms with Crippen molar-refractivity contribution in [1.29, 1.82) is 0 Å². The van der Waals surface area contributed by atoms with Crippen LogP contribution in [0.3, 0.4) is 0 Å². The minimum Gasteiger partial charge on any atom is -0.462 e. The average Bonchev–Trinajstić information content (AvgIpc) is 2.45.